The molecule has 0 bridgehead atoms. The Morgan fingerprint density at radius 1 is 0.963 bits per heavy atom. The van der Waals surface area contributed by atoms with E-state index in [4.69, 9.17) is 14.2 Å². The summed E-state index contributed by atoms with van der Waals surface area (Å²) in [5.41, 5.74) is 2.73. The fourth-order valence-corrected chi connectivity index (χ4v) is 3.79. The molecule has 1 saturated heterocycles. The van der Waals surface area contributed by atoms with E-state index in [9.17, 15) is 4.79 Å². The van der Waals surface area contributed by atoms with E-state index in [2.05, 4.69) is 36.5 Å². The Morgan fingerprint density at radius 3 is 2.41 bits per heavy atom. The smallest absolute Gasteiger partial charge is 0.231 e. The molecule has 0 aliphatic carbocycles. The standard InChI is InChI=1S/C22H25NO4/c1-16-2-5-18(6-3-16)22(8-10-25-11-9-22)21(24)23-15-17-4-7-19-20(14-17)27-13-12-26-19/h2-7,14H,8-13,15H2,1H3,(H,23,24). The molecule has 0 atom stereocenters. The Labute approximate surface area is 159 Å². The first-order chi connectivity index (χ1) is 13.2. The zero-order chi connectivity index (χ0) is 18.7. The summed E-state index contributed by atoms with van der Waals surface area (Å²) in [7, 11) is 0. The van der Waals surface area contributed by atoms with Crippen molar-refractivity contribution in [3.8, 4) is 11.5 Å². The van der Waals surface area contributed by atoms with Crippen LogP contribution in [-0.4, -0.2) is 32.3 Å². The summed E-state index contributed by atoms with van der Waals surface area (Å²) in [4.78, 5) is 13.2. The van der Waals surface area contributed by atoms with Crippen molar-refractivity contribution in [2.75, 3.05) is 26.4 Å². The van der Waals surface area contributed by atoms with Gasteiger partial charge in [0, 0.05) is 19.8 Å². The molecule has 0 spiro atoms. The van der Waals surface area contributed by atoms with Crippen LogP contribution in [0, 0.1) is 6.92 Å². The number of carbonyl (C=O) groups is 1. The fraction of sp³-hybridized carbons (Fsp3) is 0.409. The van der Waals surface area contributed by atoms with E-state index in [-0.39, 0.29) is 5.91 Å². The largest absolute Gasteiger partial charge is 0.486 e. The Balaban J connectivity index is 1.51. The molecule has 0 radical (unpaired) electrons. The summed E-state index contributed by atoms with van der Waals surface area (Å²) in [6.45, 7) is 4.85. The maximum absolute atomic E-state index is 13.2. The van der Waals surface area contributed by atoms with Crippen molar-refractivity contribution in [3.63, 3.8) is 0 Å². The normalized spacial score (nSPS) is 18.0. The molecule has 2 aromatic rings. The number of ether oxygens (including phenoxy) is 3. The summed E-state index contributed by atoms with van der Waals surface area (Å²) < 4.78 is 16.7. The third kappa shape index (κ3) is 3.65. The summed E-state index contributed by atoms with van der Waals surface area (Å²) in [6.07, 6.45) is 1.39. The number of rotatable bonds is 4. The van der Waals surface area contributed by atoms with E-state index in [0.717, 1.165) is 22.6 Å². The molecule has 2 heterocycles. The van der Waals surface area contributed by atoms with Crippen molar-refractivity contribution in [2.45, 2.75) is 31.7 Å². The zero-order valence-electron chi connectivity index (χ0n) is 15.6. The van der Waals surface area contributed by atoms with Gasteiger partial charge in [0.2, 0.25) is 5.91 Å². The number of amides is 1. The Bertz CT molecular complexity index is 810. The molecule has 0 unspecified atom stereocenters. The molecule has 0 saturated carbocycles. The molecule has 0 aromatic heterocycles. The van der Waals surface area contributed by atoms with Crippen LogP contribution in [0.15, 0.2) is 42.5 Å². The molecule has 2 aromatic carbocycles. The van der Waals surface area contributed by atoms with Gasteiger partial charge in [-0.05, 0) is 43.0 Å². The van der Waals surface area contributed by atoms with Crippen molar-refractivity contribution in [1.82, 2.24) is 5.32 Å². The van der Waals surface area contributed by atoms with E-state index in [1.165, 1.54) is 5.56 Å². The van der Waals surface area contributed by atoms with Crippen LogP contribution in [0.2, 0.25) is 0 Å². The minimum absolute atomic E-state index is 0.0598. The number of fused-ring (bicyclic) bond motifs is 1. The first-order valence-corrected chi connectivity index (χ1v) is 9.49. The van der Waals surface area contributed by atoms with Gasteiger partial charge in [0.05, 0.1) is 5.41 Å². The second-order valence-electron chi connectivity index (χ2n) is 7.22. The number of hydrogen-bond donors (Lipinski definition) is 1. The van der Waals surface area contributed by atoms with E-state index < -0.39 is 5.41 Å². The zero-order valence-corrected chi connectivity index (χ0v) is 15.6. The molecule has 2 aliphatic heterocycles. The van der Waals surface area contributed by atoms with E-state index >= 15 is 0 Å². The first kappa shape index (κ1) is 17.9. The lowest BCUT2D eigenvalue weighted by atomic mass is 9.73. The minimum atomic E-state index is -0.528. The van der Waals surface area contributed by atoms with Crippen LogP contribution in [-0.2, 0) is 21.5 Å². The van der Waals surface area contributed by atoms with Crippen molar-refractivity contribution in [1.29, 1.82) is 0 Å². The van der Waals surface area contributed by atoms with Crippen LogP contribution in [0.25, 0.3) is 0 Å². The molecule has 1 N–H and O–H groups in total. The molecule has 2 aliphatic rings. The van der Waals surface area contributed by atoms with Crippen molar-refractivity contribution in [2.24, 2.45) is 0 Å². The van der Waals surface area contributed by atoms with Gasteiger partial charge in [0.15, 0.2) is 11.5 Å². The summed E-state index contributed by atoms with van der Waals surface area (Å²) >= 11 is 0. The predicted octanol–water partition coefficient (Wildman–Crippen LogP) is 3.13. The highest BCUT2D eigenvalue weighted by Gasteiger charge is 2.41. The maximum atomic E-state index is 13.2. The topological polar surface area (TPSA) is 56.8 Å². The monoisotopic (exact) mass is 367 g/mol. The van der Waals surface area contributed by atoms with Crippen LogP contribution in [0.5, 0.6) is 11.5 Å². The van der Waals surface area contributed by atoms with Crippen LogP contribution in [0.3, 0.4) is 0 Å². The van der Waals surface area contributed by atoms with Gasteiger partial charge in [0.1, 0.15) is 13.2 Å². The lowest BCUT2D eigenvalue weighted by molar-refractivity contribution is -0.130. The first-order valence-electron chi connectivity index (χ1n) is 9.49. The highest BCUT2D eigenvalue weighted by molar-refractivity contribution is 5.88. The average molecular weight is 367 g/mol. The molecule has 27 heavy (non-hydrogen) atoms. The van der Waals surface area contributed by atoms with E-state index in [1.54, 1.807) is 0 Å². The lowest BCUT2D eigenvalue weighted by Gasteiger charge is -2.36. The molecular weight excluding hydrogens is 342 g/mol. The fourth-order valence-electron chi connectivity index (χ4n) is 3.79. The van der Waals surface area contributed by atoms with Crippen LogP contribution in [0.1, 0.15) is 29.5 Å². The SMILES string of the molecule is Cc1ccc(C2(C(=O)NCc3ccc4c(c3)OCCO4)CCOCC2)cc1. The summed E-state index contributed by atoms with van der Waals surface area (Å²) in [5.74, 6) is 1.56. The number of aryl methyl sites for hydroxylation is 1. The van der Waals surface area contributed by atoms with Crippen LogP contribution in [0.4, 0.5) is 0 Å². The van der Waals surface area contributed by atoms with E-state index in [1.807, 2.05) is 18.2 Å². The number of hydrogen-bond acceptors (Lipinski definition) is 4. The highest BCUT2D eigenvalue weighted by Crippen LogP contribution is 2.36. The lowest BCUT2D eigenvalue weighted by Crippen LogP contribution is -2.47. The highest BCUT2D eigenvalue weighted by atomic mass is 16.6. The van der Waals surface area contributed by atoms with Gasteiger partial charge >= 0.3 is 0 Å². The Hall–Kier alpha value is -2.53. The number of nitrogens with one attached hydrogen (secondary N) is 1. The quantitative estimate of drug-likeness (QED) is 0.902. The summed E-state index contributed by atoms with van der Waals surface area (Å²) in [6, 6.07) is 14.1. The van der Waals surface area contributed by atoms with Gasteiger partial charge in [-0.25, -0.2) is 0 Å². The molecule has 1 fully saturated rings. The predicted molar refractivity (Wildman–Crippen MR) is 102 cm³/mol. The van der Waals surface area contributed by atoms with Crippen molar-refractivity contribution >= 4 is 5.91 Å². The van der Waals surface area contributed by atoms with Crippen LogP contribution < -0.4 is 14.8 Å². The van der Waals surface area contributed by atoms with Gasteiger partial charge in [-0.15, -0.1) is 0 Å². The molecule has 142 valence electrons. The maximum Gasteiger partial charge on any atom is 0.231 e. The number of carbonyl (C=O) groups excluding carboxylic acids is 1. The van der Waals surface area contributed by atoms with Gasteiger partial charge in [-0.1, -0.05) is 35.9 Å². The third-order valence-electron chi connectivity index (χ3n) is 5.44. The molecule has 5 heteroatoms. The summed E-state index contributed by atoms with van der Waals surface area (Å²) in [5, 5.41) is 3.14. The molecule has 4 rings (SSSR count). The van der Waals surface area contributed by atoms with Crippen LogP contribution >= 0.6 is 0 Å². The number of benzene rings is 2. The Kier molecular flexibility index (Phi) is 5.03. The third-order valence-corrected chi connectivity index (χ3v) is 5.44. The Morgan fingerprint density at radius 2 is 1.67 bits per heavy atom. The van der Waals surface area contributed by atoms with E-state index in [0.29, 0.717) is 45.8 Å². The average Bonchev–Trinajstić information content (AvgIpc) is 2.73. The van der Waals surface area contributed by atoms with Gasteiger partial charge in [0.25, 0.3) is 0 Å². The molecular formula is C22H25NO4. The molecule has 5 nitrogen and oxygen atoms in total. The van der Waals surface area contributed by atoms with Gasteiger partial charge in [-0.3, -0.25) is 4.79 Å². The van der Waals surface area contributed by atoms with Crippen molar-refractivity contribution < 1.29 is 19.0 Å². The molecule has 1 amide bonds. The van der Waals surface area contributed by atoms with Crippen molar-refractivity contribution in [3.05, 3.63) is 59.2 Å². The minimum Gasteiger partial charge on any atom is -0.486 e. The second kappa shape index (κ2) is 7.61. The van der Waals surface area contributed by atoms with Gasteiger partial charge in [-0.2, -0.15) is 0 Å². The second-order valence-corrected chi connectivity index (χ2v) is 7.22. The van der Waals surface area contributed by atoms with Gasteiger partial charge < -0.3 is 19.5 Å².